The summed E-state index contributed by atoms with van der Waals surface area (Å²) in [5.41, 5.74) is 9.76. The molecule has 4 N–H and O–H groups in total. The highest BCUT2D eigenvalue weighted by atomic mass is 32.2. The average molecular weight is 401 g/mol. The normalized spacial score (nSPS) is 12.8. The Bertz CT molecular complexity index is 1010. The molecule has 28 heavy (non-hydrogen) atoms. The summed E-state index contributed by atoms with van der Waals surface area (Å²) in [6.07, 6.45) is 3.21. The van der Waals surface area contributed by atoms with Gasteiger partial charge in [0.25, 0.3) is 10.0 Å². The van der Waals surface area contributed by atoms with Crippen molar-refractivity contribution in [2.24, 2.45) is 12.8 Å². The molecule has 2 aromatic carbocycles. The van der Waals surface area contributed by atoms with E-state index in [9.17, 15) is 13.5 Å². The number of imidazole rings is 1. The van der Waals surface area contributed by atoms with Gasteiger partial charge in [-0.25, -0.2) is 18.1 Å². The number of benzene rings is 2. The standard InChI is InChI=1S/C20H24N4O3S/c1-24-12-20(22-14-24)28(26,27)23-19(13-25)10-15-2-6-17(7-3-15)18-8-4-16(11-21)5-9-18/h2-9,12,14,19,23,25H,10-11,13,21H2,1H3. The van der Waals surface area contributed by atoms with Crippen molar-refractivity contribution in [1.29, 1.82) is 0 Å². The molecule has 0 amide bonds. The van der Waals surface area contributed by atoms with E-state index in [-0.39, 0.29) is 11.6 Å². The number of aliphatic hydroxyl groups excluding tert-OH is 1. The predicted octanol–water partition coefficient (Wildman–Crippen LogP) is 1.43. The first-order valence-corrected chi connectivity index (χ1v) is 10.4. The number of nitrogens with zero attached hydrogens (tertiary/aromatic N) is 2. The fraction of sp³-hybridized carbons (Fsp3) is 0.250. The Labute approximate surface area is 164 Å². The molecule has 0 aliphatic heterocycles. The minimum absolute atomic E-state index is 0.0651. The number of nitrogens with two attached hydrogens (primary N) is 1. The van der Waals surface area contributed by atoms with Gasteiger partial charge in [0.15, 0.2) is 5.03 Å². The first-order chi connectivity index (χ1) is 13.4. The summed E-state index contributed by atoms with van der Waals surface area (Å²) >= 11 is 0. The summed E-state index contributed by atoms with van der Waals surface area (Å²) in [7, 11) is -2.09. The molecule has 0 radical (unpaired) electrons. The lowest BCUT2D eigenvalue weighted by Gasteiger charge is -2.16. The molecule has 0 aliphatic carbocycles. The fourth-order valence-electron chi connectivity index (χ4n) is 2.90. The van der Waals surface area contributed by atoms with E-state index in [1.165, 1.54) is 12.5 Å². The van der Waals surface area contributed by atoms with Gasteiger partial charge in [-0.15, -0.1) is 0 Å². The Morgan fingerprint density at radius 1 is 1.07 bits per heavy atom. The molecule has 3 rings (SSSR count). The Kier molecular flexibility index (Phi) is 6.25. The van der Waals surface area contributed by atoms with Crippen LogP contribution in [0.25, 0.3) is 11.1 Å². The number of aryl methyl sites for hydroxylation is 1. The lowest BCUT2D eigenvalue weighted by atomic mass is 10.0. The van der Waals surface area contributed by atoms with E-state index in [0.717, 1.165) is 22.3 Å². The molecular weight excluding hydrogens is 376 g/mol. The number of hydrogen-bond acceptors (Lipinski definition) is 5. The van der Waals surface area contributed by atoms with Gasteiger partial charge < -0.3 is 15.4 Å². The van der Waals surface area contributed by atoms with Crippen molar-refractivity contribution in [3.05, 3.63) is 72.2 Å². The molecule has 1 aromatic heterocycles. The third-order valence-corrected chi connectivity index (χ3v) is 5.86. The van der Waals surface area contributed by atoms with E-state index in [2.05, 4.69) is 9.71 Å². The number of aliphatic hydroxyl groups is 1. The molecular formula is C20H24N4O3S. The van der Waals surface area contributed by atoms with E-state index >= 15 is 0 Å². The van der Waals surface area contributed by atoms with Crippen LogP contribution < -0.4 is 10.5 Å². The first-order valence-electron chi connectivity index (χ1n) is 8.91. The van der Waals surface area contributed by atoms with Crippen molar-refractivity contribution in [3.8, 4) is 11.1 Å². The Hall–Kier alpha value is -2.52. The SMILES string of the molecule is Cn1cnc(S(=O)(=O)NC(CO)Cc2ccc(-c3ccc(CN)cc3)cc2)c1. The van der Waals surface area contributed by atoms with Crippen LogP contribution in [-0.2, 0) is 30.0 Å². The zero-order chi connectivity index (χ0) is 20.1. The van der Waals surface area contributed by atoms with Gasteiger partial charge in [-0.3, -0.25) is 0 Å². The highest BCUT2D eigenvalue weighted by Crippen LogP contribution is 2.21. The van der Waals surface area contributed by atoms with Gasteiger partial charge in [0.05, 0.1) is 12.9 Å². The molecule has 0 saturated heterocycles. The van der Waals surface area contributed by atoms with E-state index in [1.807, 2.05) is 48.5 Å². The van der Waals surface area contributed by atoms with Crippen LogP contribution in [0.15, 0.2) is 66.1 Å². The lowest BCUT2D eigenvalue weighted by Crippen LogP contribution is -2.39. The van der Waals surface area contributed by atoms with Crippen molar-refractivity contribution in [2.45, 2.75) is 24.0 Å². The molecule has 1 atom stereocenters. The van der Waals surface area contributed by atoms with Gasteiger partial charge in [0, 0.05) is 25.8 Å². The zero-order valence-corrected chi connectivity index (χ0v) is 16.4. The van der Waals surface area contributed by atoms with E-state index < -0.39 is 16.1 Å². The van der Waals surface area contributed by atoms with Crippen molar-refractivity contribution in [2.75, 3.05) is 6.61 Å². The molecule has 3 aromatic rings. The molecule has 148 valence electrons. The van der Waals surface area contributed by atoms with Gasteiger partial charge in [-0.1, -0.05) is 48.5 Å². The molecule has 0 bridgehead atoms. The largest absolute Gasteiger partial charge is 0.395 e. The molecule has 7 nitrogen and oxygen atoms in total. The Morgan fingerprint density at radius 2 is 1.64 bits per heavy atom. The fourth-order valence-corrected chi connectivity index (χ4v) is 4.11. The summed E-state index contributed by atoms with van der Waals surface area (Å²) in [6.45, 7) is 0.199. The average Bonchev–Trinajstić information content (AvgIpc) is 3.15. The Balaban J connectivity index is 1.69. The molecule has 0 fully saturated rings. The summed E-state index contributed by atoms with van der Waals surface area (Å²) in [5, 5.41) is 9.56. The molecule has 1 heterocycles. The maximum atomic E-state index is 12.4. The number of hydrogen-bond donors (Lipinski definition) is 3. The zero-order valence-electron chi connectivity index (χ0n) is 15.6. The van der Waals surface area contributed by atoms with E-state index in [4.69, 9.17) is 5.73 Å². The molecule has 0 saturated carbocycles. The van der Waals surface area contributed by atoms with Gasteiger partial charge in [-0.2, -0.15) is 0 Å². The second-order valence-electron chi connectivity index (χ2n) is 6.68. The van der Waals surface area contributed by atoms with Crippen molar-refractivity contribution >= 4 is 10.0 Å². The summed E-state index contributed by atoms with van der Waals surface area (Å²) in [6, 6.07) is 15.2. The van der Waals surface area contributed by atoms with Crippen LogP contribution in [0.2, 0.25) is 0 Å². The van der Waals surface area contributed by atoms with Crippen LogP contribution in [0.3, 0.4) is 0 Å². The Morgan fingerprint density at radius 3 is 2.11 bits per heavy atom. The van der Waals surface area contributed by atoms with Crippen LogP contribution in [0.5, 0.6) is 0 Å². The quantitative estimate of drug-likeness (QED) is 0.530. The maximum absolute atomic E-state index is 12.4. The van der Waals surface area contributed by atoms with Gasteiger partial charge in [-0.05, 0) is 28.7 Å². The highest BCUT2D eigenvalue weighted by Gasteiger charge is 2.22. The molecule has 0 spiro atoms. The summed E-state index contributed by atoms with van der Waals surface area (Å²) < 4.78 is 28.9. The molecule has 8 heteroatoms. The topological polar surface area (TPSA) is 110 Å². The lowest BCUT2D eigenvalue weighted by molar-refractivity contribution is 0.256. The first kappa shape index (κ1) is 20.2. The second-order valence-corrected chi connectivity index (χ2v) is 8.34. The number of nitrogens with one attached hydrogen (secondary N) is 1. The van der Waals surface area contributed by atoms with Gasteiger partial charge >= 0.3 is 0 Å². The van der Waals surface area contributed by atoms with Crippen LogP contribution in [-0.4, -0.2) is 35.7 Å². The number of aromatic nitrogens is 2. The smallest absolute Gasteiger partial charge is 0.259 e. The number of rotatable bonds is 8. The second kappa shape index (κ2) is 8.66. The molecule has 1 unspecified atom stereocenters. The van der Waals surface area contributed by atoms with Crippen molar-refractivity contribution in [1.82, 2.24) is 14.3 Å². The number of sulfonamides is 1. The van der Waals surface area contributed by atoms with E-state index in [0.29, 0.717) is 13.0 Å². The third-order valence-electron chi connectivity index (χ3n) is 4.46. The van der Waals surface area contributed by atoms with Crippen LogP contribution in [0, 0.1) is 0 Å². The van der Waals surface area contributed by atoms with Crippen molar-refractivity contribution < 1.29 is 13.5 Å². The van der Waals surface area contributed by atoms with Crippen molar-refractivity contribution in [3.63, 3.8) is 0 Å². The van der Waals surface area contributed by atoms with Crippen LogP contribution in [0.4, 0.5) is 0 Å². The highest BCUT2D eigenvalue weighted by molar-refractivity contribution is 7.89. The summed E-state index contributed by atoms with van der Waals surface area (Å²) in [5.74, 6) is 0. The van der Waals surface area contributed by atoms with Crippen LogP contribution >= 0.6 is 0 Å². The minimum atomic E-state index is -3.78. The minimum Gasteiger partial charge on any atom is -0.395 e. The monoisotopic (exact) mass is 400 g/mol. The van der Waals surface area contributed by atoms with E-state index in [1.54, 1.807) is 11.6 Å². The summed E-state index contributed by atoms with van der Waals surface area (Å²) in [4.78, 5) is 3.86. The van der Waals surface area contributed by atoms with Gasteiger partial charge in [0.1, 0.15) is 0 Å². The maximum Gasteiger partial charge on any atom is 0.259 e. The van der Waals surface area contributed by atoms with Gasteiger partial charge in [0.2, 0.25) is 0 Å². The third kappa shape index (κ3) is 4.85. The van der Waals surface area contributed by atoms with Crippen LogP contribution in [0.1, 0.15) is 11.1 Å². The predicted molar refractivity (Wildman–Crippen MR) is 108 cm³/mol. The molecule has 0 aliphatic rings.